The van der Waals surface area contributed by atoms with Crippen LogP contribution in [0.25, 0.3) is 21.5 Å². The van der Waals surface area contributed by atoms with Gasteiger partial charge >= 0.3 is 0 Å². The zero-order valence-corrected chi connectivity index (χ0v) is 21.2. The highest BCUT2D eigenvalue weighted by Crippen LogP contribution is 2.48. The second kappa shape index (κ2) is 9.72. The van der Waals surface area contributed by atoms with Gasteiger partial charge in [-0.1, -0.05) is 133 Å². The summed E-state index contributed by atoms with van der Waals surface area (Å²) >= 11 is 0. The molecule has 0 aromatic heterocycles. The minimum atomic E-state index is 0.0952. The fraction of sp³-hybridized carbons (Fsp3) is 0.111. The van der Waals surface area contributed by atoms with Crippen molar-refractivity contribution in [2.75, 3.05) is 10.6 Å². The Balaban J connectivity index is 1.43. The van der Waals surface area contributed by atoms with E-state index in [-0.39, 0.29) is 18.0 Å². The molecule has 0 radical (unpaired) electrons. The third kappa shape index (κ3) is 4.09. The summed E-state index contributed by atoms with van der Waals surface area (Å²) in [7, 11) is 0. The second-order valence-corrected chi connectivity index (χ2v) is 10.3. The van der Waals surface area contributed by atoms with Crippen molar-refractivity contribution in [2.24, 2.45) is 0 Å². The average molecular weight is 491 g/mol. The molecule has 2 heteroatoms. The van der Waals surface area contributed by atoms with Gasteiger partial charge in [-0.15, -0.1) is 0 Å². The topological polar surface area (TPSA) is 24.1 Å². The highest BCUT2D eigenvalue weighted by molar-refractivity contribution is 5.98. The molecule has 6 aromatic carbocycles. The minimum absolute atomic E-state index is 0.0952. The summed E-state index contributed by atoms with van der Waals surface area (Å²) in [5, 5.41) is 13.2. The van der Waals surface area contributed by atoms with Crippen LogP contribution in [-0.4, -0.2) is 6.04 Å². The molecule has 0 aliphatic carbocycles. The smallest absolute Gasteiger partial charge is 0.0622 e. The molecule has 7 rings (SSSR count). The lowest BCUT2D eigenvalue weighted by Crippen LogP contribution is -2.40. The number of anilines is 2. The van der Waals surface area contributed by atoms with Crippen molar-refractivity contribution in [3.8, 4) is 0 Å². The van der Waals surface area contributed by atoms with E-state index in [1.807, 2.05) is 0 Å². The van der Waals surface area contributed by atoms with Gasteiger partial charge in [0.25, 0.3) is 0 Å². The fourth-order valence-corrected chi connectivity index (χ4v) is 6.24. The summed E-state index contributed by atoms with van der Waals surface area (Å²) in [6.45, 7) is 0. The first-order valence-electron chi connectivity index (χ1n) is 13.5. The standard InChI is InChI=1S/C36H30N2/c1-3-12-25(13-4-1)24-33-34(28-16-5-2-6-17-28)36(37-32-21-11-18-26-14-7-9-19-29(26)32)31-23-22-27-15-8-10-20-30(27)35(31)38-33/h1-23,33-34,36-38H,24H2. The molecule has 38 heavy (non-hydrogen) atoms. The largest absolute Gasteiger partial charge is 0.380 e. The quantitative estimate of drug-likeness (QED) is 0.252. The Morgan fingerprint density at radius 2 is 1.18 bits per heavy atom. The SMILES string of the molecule is c1ccc(CC2Nc3c(ccc4ccccc34)C(Nc3cccc4ccccc34)C2c2ccccc2)cc1. The zero-order valence-electron chi connectivity index (χ0n) is 21.2. The van der Waals surface area contributed by atoms with E-state index in [0.29, 0.717) is 0 Å². The van der Waals surface area contributed by atoms with E-state index < -0.39 is 0 Å². The molecular weight excluding hydrogens is 460 g/mol. The first kappa shape index (κ1) is 22.6. The van der Waals surface area contributed by atoms with Crippen molar-refractivity contribution >= 4 is 32.9 Å². The lowest BCUT2D eigenvalue weighted by Gasteiger charge is -2.42. The van der Waals surface area contributed by atoms with Crippen LogP contribution in [0.2, 0.25) is 0 Å². The van der Waals surface area contributed by atoms with Crippen LogP contribution in [0.15, 0.2) is 140 Å². The predicted molar refractivity (Wildman–Crippen MR) is 161 cm³/mol. The first-order valence-corrected chi connectivity index (χ1v) is 13.5. The number of hydrogen-bond acceptors (Lipinski definition) is 2. The van der Waals surface area contributed by atoms with Gasteiger partial charge in [0.15, 0.2) is 0 Å². The number of hydrogen-bond donors (Lipinski definition) is 2. The number of fused-ring (bicyclic) bond motifs is 4. The predicted octanol–water partition coefficient (Wildman–Crippen LogP) is 8.97. The van der Waals surface area contributed by atoms with Gasteiger partial charge < -0.3 is 10.6 Å². The third-order valence-electron chi connectivity index (χ3n) is 8.00. The molecule has 0 amide bonds. The summed E-state index contributed by atoms with van der Waals surface area (Å²) in [5.74, 6) is 0.226. The molecule has 1 aliphatic heterocycles. The van der Waals surface area contributed by atoms with E-state index in [1.54, 1.807) is 0 Å². The van der Waals surface area contributed by atoms with Gasteiger partial charge in [0.2, 0.25) is 0 Å². The van der Waals surface area contributed by atoms with E-state index in [2.05, 4.69) is 150 Å². The summed E-state index contributed by atoms with van der Waals surface area (Å²) < 4.78 is 0. The molecular formula is C36H30N2. The lowest BCUT2D eigenvalue weighted by atomic mass is 9.75. The monoisotopic (exact) mass is 490 g/mol. The highest BCUT2D eigenvalue weighted by Gasteiger charge is 2.38. The second-order valence-electron chi connectivity index (χ2n) is 10.3. The Morgan fingerprint density at radius 3 is 1.97 bits per heavy atom. The van der Waals surface area contributed by atoms with Gasteiger partial charge in [-0.25, -0.2) is 0 Å². The molecule has 2 nitrogen and oxygen atoms in total. The Hall–Kier alpha value is -4.56. The van der Waals surface area contributed by atoms with Crippen LogP contribution in [0.3, 0.4) is 0 Å². The molecule has 0 saturated carbocycles. The van der Waals surface area contributed by atoms with Crippen LogP contribution in [-0.2, 0) is 6.42 Å². The molecule has 6 aromatic rings. The molecule has 3 atom stereocenters. The van der Waals surface area contributed by atoms with E-state index in [4.69, 9.17) is 0 Å². The summed E-state index contributed by atoms with van der Waals surface area (Å²) in [6.07, 6.45) is 0.941. The van der Waals surface area contributed by atoms with Crippen LogP contribution < -0.4 is 10.6 Å². The maximum atomic E-state index is 4.07. The van der Waals surface area contributed by atoms with E-state index in [0.717, 1.165) is 6.42 Å². The van der Waals surface area contributed by atoms with Crippen molar-refractivity contribution < 1.29 is 0 Å². The van der Waals surface area contributed by atoms with Crippen molar-refractivity contribution in [1.29, 1.82) is 0 Å². The number of rotatable bonds is 5. The van der Waals surface area contributed by atoms with Gasteiger partial charge in [-0.2, -0.15) is 0 Å². The Labute approximate surface area is 224 Å². The maximum absolute atomic E-state index is 4.07. The van der Waals surface area contributed by atoms with Crippen molar-refractivity contribution in [3.63, 3.8) is 0 Å². The van der Waals surface area contributed by atoms with E-state index in [9.17, 15) is 0 Å². The molecule has 2 N–H and O–H groups in total. The highest BCUT2D eigenvalue weighted by atomic mass is 15.0. The Kier molecular flexibility index (Phi) is 5.79. The van der Waals surface area contributed by atoms with Gasteiger partial charge in [0.05, 0.1) is 6.04 Å². The van der Waals surface area contributed by atoms with Gasteiger partial charge in [-0.3, -0.25) is 0 Å². The first-order chi connectivity index (χ1) is 18.8. The van der Waals surface area contributed by atoms with Crippen LogP contribution >= 0.6 is 0 Å². The molecule has 0 saturated heterocycles. The molecule has 0 bridgehead atoms. The van der Waals surface area contributed by atoms with Crippen molar-refractivity contribution in [2.45, 2.75) is 24.4 Å². The lowest BCUT2D eigenvalue weighted by molar-refractivity contribution is 0.481. The fourth-order valence-electron chi connectivity index (χ4n) is 6.24. The van der Waals surface area contributed by atoms with E-state index in [1.165, 1.54) is 49.6 Å². The Morgan fingerprint density at radius 1 is 0.553 bits per heavy atom. The zero-order chi connectivity index (χ0) is 25.3. The number of nitrogens with one attached hydrogen (secondary N) is 2. The summed E-state index contributed by atoms with van der Waals surface area (Å²) in [5.41, 5.74) is 6.42. The third-order valence-corrected chi connectivity index (χ3v) is 8.00. The summed E-state index contributed by atoms with van der Waals surface area (Å²) in [6, 6.07) is 50.7. The average Bonchev–Trinajstić information content (AvgIpc) is 2.98. The maximum Gasteiger partial charge on any atom is 0.0622 e. The molecule has 1 heterocycles. The number of benzene rings is 6. The molecule has 1 aliphatic rings. The van der Waals surface area contributed by atoms with Crippen LogP contribution in [0.4, 0.5) is 11.4 Å². The van der Waals surface area contributed by atoms with Crippen molar-refractivity contribution in [3.05, 3.63) is 156 Å². The minimum Gasteiger partial charge on any atom is -0.380 e. The van der Waals surface area contributed by atoms with Crippen molar-refractivity contribution in [1.82, 2.24) is 0 Å². The summed E-state index contributed by atoms with van der Waals surface area (Å²) in [4.78, 5) is 0. The van der Waals surface area contributed by atoms with E-state index >= 15 is 0 Å². The van der Waals surface area contributed by atoms with Gasteiger partial charge in [-0.05, 0) is 39.9 Å². The molecule has 3 unspecified atom stereocenters. The molecule has 184 valence electrons. The van der Waals surface area contributed by atoms with Crippen LogP contribution in [0.5, 0.6) is 0 Å². The van der Waals surface area contributed by atoms with Crippen LogP contribution in [0, 0.1) is 0 Å². The van der Waals surface area contributed by atoms with Gasteiger partial charge in [0.1, 0.15) is 0 Å². The van der Waals surface area contributed by atoms with Gasteiger partial charge in [0, 0.05) is 34.1 Å². The Bertz CT molecular complexity index is 1700. The molecule has 0 spiro atoms. The van der Waals surface area contributed by atoms with Crippen LogP contribution in [0.1, 0.15) is 28.7 Å². The normalized spacial score (nSPS) is 18.6. The molecule has 0 fully saturated rings.